The number of allylic oxidation sites excluding steroid dienone is 2. The first-order valence-corrected chi connectivity index (χ1v) is 16.0. The van der Waals surface area contributed by atoms with Gasteiger partial charge >= 0.3 is 0 Å². The molecular formula is C35H43N6O2+. The lowest BCUT2D eigenvalue weighted by atomic mass is 9.47. The number of aliphatic hydroxyl groups excluding tert-OH is 1. The first-order valence-electron chi connectivity index (χ1n) is 16.0. The summed E-state index contributed by atoms with van der Waals surface area (Å²) < 4.78 is 3.80. The number of amides is 1. The Balaban J connectivity index is 0.971. The van der Waals surface area contributed by atoms with Crippen molar-refractivity contribution in [2.24, 2.45) is 33.7 Å². The molecule has 0 radical (unpaired) electrons. The fourth-order valence-electron chi connectivity index (χ4n) is 9.03. The number of aromatic nitrogens is 4. The molecule has 4 aliphatic carbocycles. The number of para-hydroxylation sites is 1. The van der Waals surface area contributed by atoms with E-state index in [0.29, 0.717) is 18.4 Å². The van der Waals surface area contributed by atoms with Gasteiger partial charge in [-0.05, 0) is 104 Å². The molecule has 224 valence electrons. The predicted molar refractivity (Wildman–Crippen MR) is 164 cm³/mol. The number of carbonyl (C=O) groups excluding carboxylic acids is 1. The zero-order valence-corrected chi connectivity index (χ0v) is 25.3. The van der Waals surface area contributed by atoms with Crippen molar-refractivity contribution < 1.29 is 14.5 Å². The number of hydrazone groups is 1. The summed E-state index contributed by atoms with van der Waals surface area (Å²) in [6.07, 6.45) is 17.1. The second-order valence-electron chi connectivity index (χ2n) is 13.8. The lowest BCUT2D eigenvalue weighted by Gasteiger charge is -2.57. The van der Waals surface area contributed by atoms with E-state index in [4.69, 9.17) is 0 Å². The van der Waals surface area contributed by atoms with Gasteiger partial charge in [-0.1, -0.05) is 42.8 Å². The second-order valence-corrected chi connectivity index (χ2v) is 13.8. The highest BCUT2D eigenvalue weighted by Gasteiger charge is 2.58. The van der Waals surface area contributed by atoms with Gasteiger partial charge in [-0.2, -0.15) is 9.67 Å². The Morgan fingerprint density at radius 3 is 2.79 bits per heavy atom. The molecule has 0 unspecified atom stereocenters. The number of nitrogens with zero attached hydrogens (tertiary/aromatic N) is 5. The topological polar surface area (TPSA) is 96.3 Å². The Hall–Kier alpha value is -3.65. The molecule has 3 aromatic rings. The number of fused-ring (bicyclic) bond motifs is 5. The van der Waals surface area contributed by atoms with E-state index in [2.05, 4.69) is 40.8 Å². The highest BCUT2D eigenvalue weighted by Crippen LogP contribution is 2.65. The molecule has 6 atom stereocenters. The molecule has 3 fully saturated rings. The van der Waals surface area contributed by atoms with E-state index in [1.54, 1.807) is 4.68 Å². The Kier molecular flexibility index (Phi) is 7.28. The van der Waals surface area contributed by atoms with Gasteiger partial charge in [0.15, 0.2) is 18.9 Å². The summed E-state index contributed by atoms with van der Waals surface area (Å²) in [5.41, 5.74) is 8.40. The highest BCUT2D eigenvalue weighted by atomic mass is 16.3. The molecular weight excluding hydrogens is 536 g/mol. The van der Waals surface area contributed by atoms with Crippen LogP contribution in [0, 0.1) is 28.6 Å². The van der Waals surface area contributed by atoms with Crippen molar-refractivity contribution in [3.05, 3.63) is 84.0 Å². The fourth-order valence-corrected chi connectivity index (χ4v) is 9.03. The van der Waals surface area contributed by atoms with Crippen molar-refractivity contribution in [1.82, 2.24) is 20.4 Å². The van der Waals surface area contributed by atoms with Crippen molar-refractivity contribution in [1.29, 1.82) is 0 Å². The number of aliphatic hydroxyl groups is 1. The van der Waals surface area contributed by atoms with E-state index in [1.807, 2.05) is 65.6 Å². The van der Waals surface area contributed by atoms with Crippen LogP contribution in [0.15, 0.2) is 77.8 Å². The van der Waals surface area contributed by atoms with E-state index in [0.717, 1.165) is 60.7 Å². The molecule has 43 heavy (non-hydrogen) atoms. The van der Waals surface area contributed by atoms with Crippen molar-refractivity contribution >= 4 is 11.6 Å². The first kappa shape index (κ1) is 28.1. The fraction of sp³-hybridized carbons (Fsp3) is 0.514. The van der Waals surface area contributed by atoms with Gasteiger partial charge in [0.25, 0.3) is 0 Å². The number of hydrogen-bond donors (Lipinski definition) is 2. The molecule has 3 saturated carbocycles. The molecule has 2 aromatic heterocycles. The number of nitrogens with one attached hydrogen (secondary N) is 1. The third-order valence-corrected chi connectivity index (χ3v) is 11.4. The summed E-state index contributed by atoms with van der Waals surface area (Å²) >= 11 is 0. The summed E-state index contributed by atoms with van der Waals surface area (Å²) in [7, 11) is 0. The first-order chi connectivity index (χ1) is 20.8. The van der Waals surface area contributed by atoms with E-state index < -0.39 is 0 Å². The molecule has 4 aliphatic rings. The zero-order valence-electron chi connectivity index (χ0n) is 25.3. The van der Waals surface area contributed by atoms with Crippen molar-refractivity contribution in [2.75, 3.05) is 0 Å². The van der Waals surface area contributed by atoms with Crippen LogP contribution in [0.3, 0.4) is 0 Å². The van der Waals surface area contributed by atoms with Crippen molar-refractivity contribution in [3.63, 3.8) is 0 Å². The molecule has 8 heteroatoms. The van der Waals surface area contributed by atoms with Gasteiger partial charge in [0.2, 0.25) is 5.91 Å². The van der Waals surface area contributed by atoms with E-state index in [1.165, 1.54) is 24.8 Å². The van der Waals surface area contributed by atoms with Crippen LogP contribution in [0.2, 0.25) is 0 Å². The molecule has 2 N–H and O–H groups in total. The zero-order chi connectivity index (χ0) is 29.6. The van der Waals surface area contributed by atoms with E-state index >= 15 is 0 Å². The Bertz CT molecular complexity index is 1560. The van der Waals surface area contributed by atoms with Gasteiger partial charge in [0, 0.05) is 11.6 Å². The van der Waals surface area contributed by atoms with Gasteiger partial charge in [-0.25, -0.2) is 10.1 Å². The SMILES string of the molecule is C[C@]12CC[C@H]3[C@@H](CCC4=C/C(=N/NC(=O)Cc5ccc[n+](Cc6cn(-c7ccccc7)nn6)c5)CC[C@@]43C)[C@@H]1CC[C@H]2O. The van der Waals surface area contributed by atoms with E-state index in [9.17, 15) is 9.90 Å². The van der Waals surface area contributed by atoms with Crippen LogP contribution in [0.5, 0.6) is 0 Å². The monoisotopic (exact) mass is 579 g/mol. The molecule has 0 saturated heterocycles. The highest BCUT2D eigenvalue weighted by molar-refractivity contribution is 5.97. The van der Waals surface area contributed by atoms with Crippen molar-refractivity contribution in [2.45, 2.75) is 84.3 Å². The predicted octanol–water partition coefficient (Wildman–Crippen LogP) is 4.94. The summed E-state index contributed by atoms with van der Waals surface area (Å²) in [5.74, 6) is 1.97. The summed E-state index contributed by atoms with van der Waals surface area (Å²) in [6.45, 7) is 5.40. The lowest BCUT2D eigenvalue weighted by Crippen LogP contribution is -2.51. The lowest BCUT2D eigenvalue weighted by molar-refractivity contribution is -0.689. The van der Waals surface area contributed by atoms with Crippen LogP contribution in [-0.4, -0.2) is 37.8 Å². The van der Waals surface area contributed by atoms with E-state index in [-0.39, 0.29) is 29.3 Å². The molecule has 7 rings (SSSR count). The summed E-state index contributed by atoms with van der Waals surface area (Å²) in [6, 6.07) is 13.8. The molecule has 1 aromatic carbocycles. The third kappa shape index (κ3) is 5.24. The van der Waals surface area contributed by atoms with Crippen LogP contribution in [0.25, 0.3) is 5.69 Å². The summed E-state index contributed by atoms with van der Waals surface area (Å²) in [4.78, 5) is 12.9. The number of rotatable bonds is 6. The number of benzene rings is 1. The minimum atomic E-state index is -0.125. The average molecular weight is 580 g/mol. The van der Waals surface area contributed by atoms with Gasteiger partial charge in [-0.3, -0.25) is 4.79 Å². The van der Waals surface area contributed by atoms with Gasteiger partial charge < -0.3 is 5.11 Å². The quantitative estimate of drug-likeness (QED) is 0.319. The standard InChI is InChI=1S/C35H42N6O2/c1-34-16-14-26(20-25(34)10-11-29-30-12-13-32(42)35(30,2)17-15-31(29)34)36-38-33(43)19-24-7-6-18-40(21-24)22-27-23-41(39-37-27)28-8-4-3-5-9-28/h3-9,18,20-21,23,29-32,42H,10-17,19,22H2,1-2H3/p+1/b36-26+/t29-,30-,31-,32+,34-,35-/m0/s1. The minimum absolute atomic E-state index is 0.109. The van der Waals surface area contributed by atoms with Crippen LogP contribution in [0.1, 0.15) is 76.5 Å². The number of carbonyl (C=O) groups is 1. The maximum Gasteiger partial charge on any atom is 0.244 e. The van der Waals surface area contributed by atoms with Gasteiger partial charge in [0.1, 0.15) is 5.69 Å². The van der Waals surface area contributed by atoms with Gasteiger partial charge in [-0.15, -0.1) is 5.10 Å². The molecule has 0 bridgehead atoms. The third-order valence-electron chi connectivity index (χ3n) is 11.4. The molecule has 2 heterocycles. The average Bonchev–Trinajstić information content (AvgIpc) is 3.60. The number of hydrogen-bond acceptors (Lipinski definition) is 5. The largest absolute Gasteiger partial charge is 0.393 e. The minimum Gasteiger partial charge on any atom is -0.393 e. The van der Waals surface area contributed by atoms with Crippen LogP contribution < -0.4 is 9.99 Å². The Morgan fingerprint density at radius 1 is 1.07 bits per heavy atom. The summed E-state index contributed by atoms with van der Waals surface area (Å²) in [5, 5.41) is 23.9. The second kappa shape index (κ2) is 11.1. The smallest absolute Gasteiger partial charge is 0.244 e. The van der Waals surface area contributed by atoms with Crippen LogP contribution in [0.4, 0.5) is 0 Å². The molecule has 8 nitrogen and oxygen atoms in total. The Morgan fingerprint density at radius 2 is 1.93 bits per heavy atom. The Labute approximate surface area is 253 Å². The van der Waals surface area contributed by atoms with Crippen LogP contribution >= 0.6 is 0 Å². The van der Waals surface area contributed by atoms with Gasteiger partial charge in [0.05, 0.1) is 30.1 Å². The molecule has 0 aliphatic heterocycles. The normalized spacial score (nSPS) is 32.4. The van der Waals surface area contributed by atoms with Crippen LogP contribution in [-0.2, 0) is 17.8 Å². The maximum absolute atomic E-state index is 12.9. The molecule has 1 amide bonds. The molecule has 0 spiro atoms. The van der Waals surface area contributed by atoms with Crippen molar-refractivity contribution in [3.8, 4) is 5.69 Å². The number of pyridine rings is 1. The maximum atomic E-state index is 12.9.